The van der Waals surface area contributed by atoms with Gasteiger partial charge >= 0.3 is 0 Å². The summed E-state index contributed by atoms with van der Waals surface area (Å²) in [7, 11) is 0. The van der Waals surface area contributed by atoms with E-state index in [-0.39, 0.29) is 6.29 Å². The minimum Gasteiger partial charge on any atom is -0.350 e. The summed E-state index contributed by atoms with van der Waals surface area (Å²) in [6.07, 6.45) is 6.27. The number of ether oxygens (including phenoxy) is 2. The van der Waals surface area contributed by atoms with Crippen LogP contribution in [0.5, 0.6) is 0 Å². The molecule has 0 aromatic rings. The monoisotopic (exact) mass is 157 g/mol. The second-order valence-corrected chi connectivity index (χ2v) is 2.91. The number of unbranched alkanes of at least 4 members (excludes halogenated alkanes) is 3. The maximum atomic E-state index is 5.26. The molecule has 0 bridgehead atoms. The van der Waals surface area contributed by atoms with Crippen molar-refractivity contribution in [1.29, 1.82) is 0 Å². The number of hydrogen-bond donors (Lipinski definition) is 0. The van der Waals surface area contributed by atoms with Crippen LogP contribution in [0.4, 0.5) is 0 Å². The predicted octanol–water partition coefficient (Wildman–Crippen LogP) is 2.49. The van der Waals surface area contributed by atoms with Gasteiger partial charge in [-0.2, -0.15) is 0 Å². The lowest BCUT2D eigenvalue weighted by Gasteiger charge is -2.07. The molecule has 0 saturated carbocycles. The molecule has 11 heavy (non-hydrogen) atoms. The first-order chi connectivity index (χ1) is 5.43. The minimum absolute atomic E-state index is 0.0619. The summed E-state index contributed by atoms with van der Waals surface area (Å²) in [5.74, 6) is 0. The maximum absolute atomic E-state index is 5.26. The molecule has 1 heterocycles. The molecule has 1 radical (unpaired) electrons. The summed E-state index contributed by atoms with van der Waals surface area (Å²) in [6, 6.07) is 0. The van der Waals surface area contributed by atoms with Crippen molar-refractivity contribution < 1.29 is 9.47 Å². The molecule has 2 nitrogen and oxygen atoms in total. The average molecular weight is 157 g/mol. The van der Waals surface area contributed by atoms with Crippen LogP contribution in [0.15, 0.2) is 0 Å². The quantitative estimate of drug-likeness (QED) is 0.571. The molecule has 1 aliphatic heterocycles. The van der Waals surface area contributed by atoms with E-state index in [4.69, 9.17) is 9.47 Å². The lowest BCUT2D eigenvalue weighted by Crippen LogP contribution is -2.06. The van der Waals surface area contributed by atoms with Crippen LogP contribution < -0.4 is 0 Å². The molecule has 1 fully saturated rings. The van der Waals surface area contributed by atoms with Gasteiger partial charge in [-0.25, -0.2) is 0 Å². The van der Waals surface area contributed by atoms with Gasteiger partial charge in [0, 0.05) is 0 Å². The van der Waals surface area contributed by atoms with Crippen LogP contribution >= 0.6 is 0 Å². The third-order valence-electron chi connectivity index (χ3n) is 1.89. The Morgan fingerprint density at radius 1 is 1.36 bits per heavy atom. The standard InChI is InChI=1S/C9H17O2/c1-2-3-4-5-6-9-10-7-8-11-9/h7,9H,2-6,8H2,1H3. The molecule has 1 atom stereocenters. The molecule has 0 N–H and O–H groups in total. The highest BCUT2D eigenvalue weighted by atomic mass is 16.7. The topological polar surface area (TPSA) is 18.5 Å². The summed E-state index contributed by atoms with van der Waals surface area (Å²) in [4.78, 5) is 0. The Kier molecular flexibility index (Phi) is 4.55. The molecule has 0 aromatic heterocycles. The second kappa shape index (κ2) is 5.56. The van der Waals surface area contributed by atoms with Crippen LogP contribution in [0, 0.1) is 6.61 Å². The Labute approximate surface area is 68.9 Å². The van der Waals surface area contributed by atoms with Crippen molar-refractivity contribution >= 4 is 0 Å². The molecule has 0 aromatic carbocycles. The normalized spacial score (nSPS) is 19.4. The van der Waals surface area contributed by atoms with E-state index in [9.17, 15) is 0 Å². The molecule has 1 aliphatic rings. The molecule has 0 spiro atoms. The molecular formula is C9H17O2. The van der Waals surface area contributed by atoms with Gasteiger partial charge in [0.1, 0.15) is 6.61 Å². The highest BCUT2D eigenvalue weighted by Crippen LogP contribution is 2.14. The van der Waals surface area contributed by atoms with Crippen molar-refractivity contribution in [3.05, 3.63) is 6.61 Å². The van der Waals surface area contributed by atoms with Gasteiger partial charge in [0.05, 0.1) is 6.61 Å². The maximum Gasteiger partial charge on any atom is 0.158 e. The minimum atomic E-state index is 0.0619. The van der Waals surface area contributed by atoms with Gasteiger partial charge < -0.3 is 9.47 Å². The van der Waals surface area contributed by atoms with Crippen molar-refractivity contribution in [1.82, 2.24) is 0 Å². The summed E-state index contributed by atoms with van der Waals surface area (Å²) in [6.45, 7) is 4.62. The Bertz CT molecular complexity index is 87.6. The van der Waals surface area contributed by atoms with E-state index in [1.165, 1.54) is 25.7 Å². The molecule has 1 rings (SSSR count). The first-order valence-electron chi connectivity index (χ1n) is 4.52. The summed E-state index contributed by atoms with van der Waals surface area (Å²) >= 11 is 0. The fourth-order valence-corrected chi connectivity index (χ4v) is 1.22. The van der Waals surface area contributed by atoms with Gasteiger partial charge in [0.15, 0.2) is 6.29 Å². The largest absolute Gasteiger partial charge is 0.350 e. The summed E-state index contributed by atoms with van der Waals surface area (Å²) in [5.41, 5.74) is 0. The zero-order valence-electron chi connectivity index (χ0n) is 7.21. The third kappa shape index (κ3) is 3.73. The first-order valence-corrected chi connectivity index (χ1v) is 4.52. The number of hydrogen-bond acceptors (Lipinski definition) is 2. The fourth-order valence-electron chi connectivity index (χ4n) is 1.22. The lowest BCUT2D eigenvalue weighted by molar-refractivity contribution is -0.0398. The average Bonchev–Trinajstić information content (AvgIpc) is 2.50. The van der Waals surface area contributed by atoms with Crippen LogP contribution in [0.2, 0.25) is 0 Å². The molecule has 1 unspecified atom stereocenters. The van der Waals surface area contributed by atoms with Gasteiger partial charge in [0.25, 0.3) is 0 Å². The number of rotatable bonds is 5. The van der Waals surface area contributed by atoms with E-state index >= 15 is 0 Å². The molecular weight excluding hydrogens is 140 g/mol. The molecule has 2 heteroatoms. The fraction of sp³-hybridized carbons (Fsp3) is 0.889. The molecule has 1 saturated heterocycles. The lowest BCUT2D eigenvalue weighted by atomic mass is 10.1. The zero-order chi connectivity index (χ0) is 7.94. The Morgan fingerprint density at radius 3 is 2.91 bits per heavy atom. The van der Waals surface area contributed by atoms with E-state index < -0.39 is 0 Å². The van der Waals surface area contributed by atoms with Crippen LogP contribution in [-0.2, 0) is 9.47 Å². The van der Waals surface area contributed by atoms with Crippen molar-refractivity contribution in [2.45, 2.75) is 45.3 Å². The van der Waals surface area contributed by atoms with Crippen molar-refractivity contribution in [3.8, 4) is 0 Å². The smallest absolute Gasteiger partial charge is 0.158 e. The Balaban J connectivity index is 1.86. The van der Waals surface area contributed by atoms with E-state index in [1.54, 1.807) is 6.61 Å². The third-order valence-corrected chi connectivity index (χ3v) is 1.89. The van der Waals surface area contributed by atoms with Crippen LogP contribution in [0.25, 0.3) is 0 Å². The van der Waals surface area contributed by atoms with E-state index in [0.717, 1.165) is 6.42 Å². The van der Waals surface area contributed by atoms with Crippen molar-refractivity contribution in [2.75, 3.05) is 6.61 Å². The molecule has 0 aliphatic carbocycles. The van der Waals surface area contributed by atoms with Gasteiger partial charge in [-0.1, -0.05) is 26.2 Å². The van der Waals surface area contributed by atoms with Crippen LogP contribution in [0.3, 0.4) is 0 Å². The zero-order valence-corrected chi connectivity index (χ0v) is 7.21. The Hall–Kier alpha value is -0.0800. The van der Waals surface area contributed by atoms with E-state index in [0.29, 0.717) is 6.61 Å². The first kappa shape index (κ1) is 9.01. The van der Waals surface area contributed by atoms with Gasteiger partial charge in [0.2, 0.25) is 0 Å². The van der Waals surface area contributed by atoms with Crippen molar-refractivity contribution in [3.63, 3.8) is 0 Å². The highest BCUT2D eigenvalue weighted by molar-refractivity contribution is 4.60. The summed E-state index contributed by atoms with van der Waals surface area (Å²) < 4.78 is 10.4. The highest BCUT2D eigenvalue weighted by Gasteiger charge is 2.14. The molecule has 0 amide bonds. The SMILES string of the molecule is CCCCCCC1O[CH]CO1. The molecule has 65 valence electrons. The second-order valence-electron chi connectivity index (χ2n) is 2.91. The van der Waals surface area contributed by atoms with Crippen LogP contribution in [-0.4, -0.2) is 12.9 Å². The van der Waals surface area contributed by atoms with Gasteiger partial charge in [-0.3, -0.25) is 0 Å². The van der Waals surface area contributed by atoms with Gasteiger partial charge in [-0.15, -0.1) is 0 Å². The predicted molar refractivity (Wildman–Crippen MR) is 43.9 cm³/mol. The van der Waals surface area contributed by atoms with E-state index in [1.807, 2.05) is 0 Å². The van der Waals surface area contributed by atoms with E-state index in [2.05, 4.69) is 6.92 Å². The Morgan fingerprint density at radius 2 is 2.27 bits per heavy atom. The van der Waals surface area contributed by atoms with Gasteiger partial charge in [-0.05, 0) is 12.8 Å². The summed E-state index contributed by atoms with van der Waals surface area (Å²) in [5, 5.41) is 0. The van der Waals surface area contributed by atoms with Crippen LogP contribution in [0.1, 0.15) is 39.0 Å². The van der Waals surface area contributed by atoms with Crippen molar-refractivity contribution in [2.24, 2.45) is 0 Å².